The van der Waals surface area contributed by atoms with Gasteiger partial charge in [0.25, 0.3) is 0 Å². The molecule has 0 aromatic heterocycles. The number of hydrogen-bond acceptors (Lipinski definition) is 2. The molecule has 1 aromatic carbocycles. The zero-order valence-electron chi connectivity index (χ0n) is 9.92. The summed E-state index contributed by atoms with van der Waals surface area (Å²) in [4.78, 5) is 11.9. The zero-order valence-corrected chi connectivity index (χ0v) is 11.4. The van der Waals surface area contributed by atoms with Crippen molar-refractivity contribution in [3.63, 3.8) is 0 Å². The molecule has 0 bridgehead atoms. The van der Waals surface area contributed by atoms with E-state index in [-0.39, 0.29) is 5.91 Å². The first-order chi connectivity index (χ1) is 8.63. The second-order valence-electron chi connectivity index (χ2n) is 4.49. The molecule has 3 nitrogen and oxygen atoms in total. The van der Waals surface area contributed by atoms with Crippen LogP contribution in [0.4, 0.5) is 5.69 Å². The van der Waals surface area contributed by atoms with Crippen LogP contribution in [0.3, 0.4) is 0 Å². The number of benzene rings is 1. The third-order valence-corrected chi connectivity index (χ3v) is 3.31. The maximum absolute atomic E-state index is 11.9. The molecule has 1 aliphatic heterocycles. The molecule has 1 aromatic rings. The van der Waals surface area contributed by atoms with Gasteiger partial charge in [0.2, 0.25) is 5.91 Å². The van der Waals surface area contributed by atoms with E-state index in [0.29, 0.717) is 34.7 Å². The summed E-state index contributed by atoms with van der Waals surface area (Å²) in [6.07, 6.45) is 2.55. The number of nitrogens with one attached hydrogen (secondary N) is 1. The standard InChI is InChI=1S/C13H15Cl2NO2/c14-10-5-11(15)7-12(6-10)16-13(17)4-9-2-1-3-18-8-9/h5-7,9H,1-4,8H2,(H,16,17). The van der Waals surface area contributed by atoms with Gasteiger partial charge in [0.1, 0.15) is 0 Å². The van der Waals surface area contributed by atoms with E-state index < -0.39 is 0 Å². The highest BCUT2D eigenvalue weighted by Crippen LogP contribution is 2.23. The third kappa shape index (κ3) is 4.16. The number of ether oxygens (including phenoxy) is 1. The van der Waals surface area contributed by atoms with E-state index in [4.69, 9.17) is 27.9 Å². The summed E-state index contributed by atoms with van der Waals surface area (Å²) in [5, 5.41) is 3.83. The van der Waals surface area contributed by atoms with Crippen molar-refractivity contribution in [2.75, 3.05) is 18.5 Å². The monoisotopic (exact) mass is 287 g/mol. The van der Waals surface area contributed by atoms with Gasteiger partial charge in [0.05, 0.1) is 0 Å². The summed E-state index contributed by atoms with van der Waals surface area (Å²) >= 11 is 11.7. The third-order valence-electron chi connectivity index (χ3n) is 2.87. The van der Waals surface area contributed by atoms with Gasteiger partial charge in [-0.15, -0.1) is 0 Å². The second kappa shape index (κ2) is 6.41. The fraction of sp³-hybridized carbons (Fsp3) is 0.462. The van der Waals surface area contributed by atoms with Gasteiger partial charge in [-0.05, 0) is 37.0 Å². The predicted octanol–water partition coefficient (Wildman–Crippen LogP) is 3.75. The summed E-state index contributed by atoms with van der Waals surface area (Å²) in [6, 6.07) is 5.00. The summed E-state index contributed by atoms with van der Waals surface area (Å²) in [6.45, 7) is 1.48. The number of halogens is 2. The molecule has 1 unspecified atom stereocenters. The SMILES string of the molecule is O=C(CC1CCCOC1)Nc1cc(Cl)cc(Cl)c1. The van der Waals surface area contributed by atoms with E-state index in [9.17, 15) is 4.79 Å². The average Bonchev–Trinajstić information content (AvgIpc) is 2.28. The van der Waals surface area contributed by atoms with Crippen LogP contribution in [-0.2, 0) is 9.53 Å². The Kier molecular flexibility index (Phi) is 4.87. The minimum absolute atomic E-state index is 0.0242. The van der Waals surface area contributed by atoms with E-state index in [2.05, 4.69) is 5.32 Å². The Hall–Kier alpha value is -0.770. The topological polar surface area (TPSA) is 38.3 Å². The molecule has 1 heterocycles. The Morgan fingerprint density at radius 2 is 2.06 bits per heavy atom. The van der Waals surface area contributed by atoms with Gasteiger partial charge in [0, 0.05) is 35.4 Å². The predicted molar refractivity (Wildman–Crippen MR) is 73.3 cm³/mol. The van der Waals surface area contributed by atoms with Crippen LogP contribution in [0.25, 0.3) is 0 Å². The quantitative estimate of drug-likeness (QED) is 0.920. The molecule has 0 aliphatic carbocycles. The van der Waals surface area contributed by atoms with Crippen LogP contribution in [0.2, 0.25) is 10.0 Å². The Morgan fingerprint density at radius 3 is 2.67 bits per heavy atom. The smallest absolute Gasteiger partial charge is 0.224 e. The highest BCUT2D eigenvalue weighted by molar-refractivity contribution is 6.35. The van der Waals surface area contributed by atoms with E-state index in [0.717, 1.165) is 19.4 Å². The Morgan fingerprint density at radius 1 is 1.33 bits per heavy atom. The Labute approximate surface area is 116 Å². The van der Waals surface area contributed by atoms with Crippen molar-refractivity contribution >= 4 is 34.8 Å². The Balaban J connectivity index is 1.89. The zero-order chi connectivity index (χ0) is 13.0. The van der Waals surface area contributed by atoms with Crippen molar-refractivity contribution < 1.29 is 9.53 Å². The number of hydrogen-bond donors (Lipinski definition) is 1. The van der Waals surface area contributed by atoms with Gasteiger partial charge >= 0.3 is 0 Å². The molecule has 1 fully saturated rings. The van der Waals surface area contributed by atoms with Crippen LogP contribution in [0.1, 0.15) is 19.3 Å². The first kappa shape index (κ1) is 13.7. The van der Waals surface area contributed by atoms with E-state index in [1.807, 2.05) is 0 Å². The molecule has 1 aliphatic rings. The molecule has 1 saturated heterocycles. The van der Waals surface area contributed by atoms with Crippen molar-refractivity contribution in [2.45, 2.75) is 19.3 Å². The Bertz CT molecular complexity index is 411. The number of amides is 1. The highest BCUT2D eigenvalue weighted by atomic mass is 35.5. The molecular weight excluding hydrogens is 273 g/mol. The fourth-order valence-corrected chi connectivity index (χ4v) is 2.59. The second-order valence-corrected chi connectivity index (χ2v) is 5.37. The van der Waals surface area contributed by atoms with Gasteiger partial charge in [-0.3, -0.25) is 4.79 Å². The fourth-order valence-electron chi connectivity index (χ4n) is 2.07. The maximum atomic E-state index is 11.9. The van der Waals surface area contributed by atoms with E-state index >= 15 is 0 Å². The van der Waals surface area contributed by atoms with Crippen LogP contribution in [0.15, 0.2) is 18.2 Å². The number of anilines is 1. The molecule has 1 amide bonds. The molecule has 18 heavy (non-hydrogen) atoms. The molecule has 98 valence electrons. The van der Waals surface area contributed by atoms with E-state index in [1.165, 1.54) is 0 Å². The summed E-state index contributed by atoms with van der Waals surface area (Å²) in [5.74, 6) is 0.289. The summed E-state index contributed by atoms with van der Waals surface area (Å²) < 4.78 is 5.35. The number of carbonyl (C=O) groups excluding carboxylic acids is 1. The van der Waals surface area contributed by atoms with Crippen LogP contribution >= 0.6 is 23.2 Å². The van der Waals surface area contributed by atoms with Gasteiger partial charge < -0.3 is 10.1 Å². The minimum Gasteiger partial charge on any atom is -0.381 e. The molecule has 2 rings (SSSR count). The highest BCUT2D eigenvalue weighted by Gasteiger charge is 2.17. The summed E-state index contributed by atoms with van der Waals surface area (Å²) in [7, 11) is 0. The van der Waals surface area contributed by atoms with Crippen LogP contribution in [-0.4, -0.2) is 19.1 Å². The largest absolute Gasteiger partial charge is 0.381 e. The van der Waals surface area contributed by atoms with Gasteiger partial charge in [-0.2, -0.15) is 0 Å². The summed E-state index contributed by atoms with van der Waals surface area (Å²) in [5.41, 5.74) is 0.634. The molecule has 0 spiro atoms. The van der Waals surface area contributed by atoms with Crippen molar-refractivity contribution in [1.29, 1.82) is 0 Å². The average molecular weight is 288 g/mol. The molecule has 1 atom stereocenters. The van der Waals surface area contributed by atoms with Crippen LogP contribution in [0, 0.1) is 5.92 Å². The van der Waals surface area contributed by atoms with E-state index in [1.54, 1.807) is 18.2 Å². The normalized spacial score (nSPS) is 19.6. The number of carbonyl (C=O) groups is 1. The van der Waals surface area contributed by atoms with Gasteiger partial charge in [0.15, 0.2) is 0 Å². The van der Waals surface area contributed by atoms with Gasteiger partial charge in [-0.1, -0.05) is 23.2 Å². The van der Waals surface area contributed by atoms with Crippen molar-refractivity contribution in [3.8, 4) is 0 Å². The first-order valence-corrected chi connectivity index (χ1v) is 6.73. The molecular formula is C13H15Cl2NO2. The van der Waals surface area contributed by atoms with Gasteiger partial charge in [-0.25, -0.2) is 0 Å². The molecule has 1 N–H and O–H groups in total. The maximum Gasteiger partial charge on any atom is 0.224 e. The molecule has 0 saturated carbocycles. The lowest BCUT2D eigenvalue weighted by atomic mass is 9.98. The molecule has 0 radical (unpaired) electrons. The molecule has 5 heteroatoms. The lowest BCUT2D eigenvalue weighted by Crippen LogP contribution is -2.23. The first-order valence-electron chi connectivity index (χ1n) is 5.97. The van der Waals surface area contributed by atoms with Crippen molar-refractivity contribution in [2.24, 2.45) is 5.92 Å². The van der Waals surface area contributed by atoms with Crippen LogP contribution < -0.4 is 5.32 Å². The van der Waals surface area contributed by atoms with Crippen LogP contribution in [0.5, 0.6) is 0 Å². The van der Waals surface area contributed by atoms with Crippen molar-refractivity contribution in [3.05, 3.63) is 28.2 Å². The van der Waals surface area contributed by atoms with Crippen molar-refractivity contribution in [1.82, 2.24) is 0 Å². The minimum atomic E-state index is -0.0242. The lowest BCUT2D eigenvalue weighted by Gasteiger charge is -2.21. The lowest BCUT2D eigenvalue weighted by molar-refractivity contribution is -0.118. The number of rotatable bonds is 3.